The summed E-state index contributed by atoms with van der Waals surface area (Å²) in [5.74, 6) is -0.321. The van der Waals surface area contributed by atoms with E-state index in [9.17, 15) is 18.0 Å². The van der Waals surface area contributed by atoms with Gasteiger partial charge in [0.2, 0.25) is 11.8 Å². The standard InChI is InChI=1S/C36H40ClN3O6S/c1-6-38-36(42)32(21-27-10-8-7-9-11-27)39(23-28-12-14-29(37)15-13-28)35(41)24-40(30-19-25(2)18-26(3)20-30)47(43,44)31-16-17-33(45-4)34(22-31)46-5/h7-20,22,32H,6,21,23-24H2,1-5H3,(H,38,42). The van der Waals surface area contributed by atoms with Crippen LogP contribution in [0.2, 0.25) is 5.02 Å². The maximum Gasteiger partial charge on any atom is 0.264 e. The van der Waals surface area contributed by atoms with E-state index < -0.39 is 28.5 Å². The number of aryl methyl sites for hydroxylation is 2. The largest absolute Gasteiger partial charge is 0.493 e. The highest BCUT2D eigenvalue weighted by Gasteiger charge is 2.35. The van der Waals surface area contributed by atoms with Crippen LogP contribution in [0.4, 0.5) is 5.69 Å². The van der Waals surface area contributed by atoms with Gasteiger partial charge in [-0.3, -0.25) is 13.9 Å². The molecule has 1 atom stereocenters. The Balaban J connectivity index is 1.84. The highest BCUT2D eigenvalue weighted by atomic mass is 35.5. The summed E-state index contributed by atoms with van der Waals surface area (Å²) in [4.78, 5) is 29.6. The Hall–Kier alpha value is -4.54. The number of nitrogens with zero attached hydrogens (tertiary/aromatic N) is 2. The second-order valence-electron chi connectivity index (χ2n) is 11.1. The van der Waals surface area contributed by atoms with Gasteiger partial charge in [-0.1, -0.05) is 60.1 Å². The third-order valence-corrected chi connectivity index (χ3v) is 9.63. The van der Waals surface area contributed by atoms with Crippen LogP contribution in [0, 0.1) is 13.8 Å². The average molecular weight is 678 g/mol. The van der Waals surface area contributed by atoms with E-state index in [1.54, 1.807) is 43.3 Å². The molecule has 9 nitrogen and oxygen atoms in total. The lowest BCUT2D eigenvalue weighted by molar-refractivity contribution is -0.140. The highest BCUT2D eigenvalue weighted by Crippen LogP contribution is 2.33. The van der Waals surface area contributed by atoms with E-state index in [-0.39, 0.29) is 29.5 Å². The lowest BCUT2D eigenvalue weighted by atomic mass is 10.0. The first-order valence-corrected chi connectivity index (χ1v) is 17.0. The van der Waals surface area contributed by atoms with Crippen LogP contribution in [0.1, 0.15) is 29.2 Å². The molecule has 1 N–H and O–H groups in total. The summed E-state index contributed by atoms with van der Waals surface area (Å²) < 4.78 is 40.7. The summed E-state index contributed by atoms with van der Waals surface area (Å²) >= 11 is 6.15. The third kappa shape index (κ3) is 8.84. The average Bonchev–Trinajstić information content (AvgIpc) is 3.05. The molecule has 11 heteroatoms. The van der Waals surface area contributed by atoms with E-state index in [4.69, 9.17) is 21.1 Å². The summed E-state index contributed by atoms with van der Waals surface area (Å²) in [6.07, 6.45) is 0.220. The van der Waals surface area contributed by atoms with Gasteiger partial charge in [0.15, 0.2) is 11.5 Å². The minimum Gasteiger partial charge on any atom is -0.493 e. The number of hydrogen-bond acceptors (Lipinski definition) is 6. The Morgan fingerprint density at radius 2 is 1.47 bits per heavy atom. The Bertz CT molecular complexity index is 1780. The fourth-order valence-electron chi connectivity index (χ4n) is 5.36. The number of methoxy groups -OCH3 is 2. The SMILES string of the molecule is CCNC(=O)C(Cc1ccccc1)N(Cc1ccc(Cl)cc1)C(=O)CN(c1cc(C)cc(C)c1)S(=O)(=O)c1ccc(OC)c(OC)c1. The molecule has 47 heavy (non-hydrogen) atoms. The second kappa shape index (κ2) is 15.8. The maximum absolute atomic E-state index is 14.6. The van der Waals surface area contributed by atoms with Gasteiger partial charge in [-0.25, -0.2) is 8.42 Å². The molecule has 0 radical (unpaired) electrons. The van der Waals surface area contributed by atoms with Crippen LogP contribution in [0.15, 0.2) is 95.9 Å². The number of carbonyl (C=O) groups excluding carboxylic acids is 2. The van der Waals surface area contributed by atoms with Crippen molar-refractivity contribution >= 4 is 39.1 Å². The molecule has 0 spiro atoms. The van der Waals surface area contributed by atoms with E-state index in [0.29, 0.717) is 23.0 Å². The van der Waals surface area contributed by atoms with E-state index in [1.165, 1.54) is 37.3 Å². The molecule has 0 fully saturated rings. The van der Waals surface area contributed by atoms with E-state index in [0.717, 1.165) is 26.6 Å². The number of nitrogens with one attached hydrogen (secondary N) is 1. The van der Waals surface area contributed by atoms with Gasteiger partial charge in [0.05, 0.1) is 24.8 Å². The Kier molecular flexibility index (Phi) is 11.9. The molecule has 0 aliphatic carbocycles. The molecule has 4 aromatic rings. The highest BCUT2D eigenvalue weighted by molar-refractivity contribution is 7.92. The van der Waals surface area contributed by atoms with Gasteiger partial charge in [0.1, 0.15) is 12.6 Å². The maximum atomic E-state index is 14.6. The normalized spacial score (nSPS) is 11.8. The second-order valence-corrected chi connectivity index (χ2v) is 13.4. The smallest absolute Gasteiger partial charge is 0.264 e. The Morgan fingerprint density at radius 3 is 2.06 bits per heavy atom. The predicted molar refractivity (Wildman–Crippen MR) is 185 cm³/mol. The molecular formula is C36H40ClN3O6S. The lowest BCUT2D eigenvalue weighted by Crippen LogP contribution is -2.53. The molecule has 4 aromatic carbocycles. The molecule has 248 valence electrons. The summed E-state index contributed by atoms with van der Waals surface area (Å²) in [5.41, 5.74) is 3.53. The fourth-order valence-corrected chi connectivity index (χ4v) is 6.90. The number of sulfonamides is 1. The number of hydrogen-bond donors (Lipinski definition) is 1. The van der Waals surface area contributed by atoms with Crippen LogP contribution in [-0.2, 0) is 32.6 Å². The molecule has 0 aliphatic rings. The molecule has 0 heterocycles. The van der Waals surface area contributed by atoms with Crippen LogP contribution >= 0.6 is 11.6 Å². The summed E-state index contributed by atoms with van der Waals surface area (Å²) in [6.45, 7) is 5.35. The van der Waals surface area contributed by atoms with Crippen LogP contribution in [0.3, 0.4) is 0 Å². The minimum atomic E-state index is -4.34. The fraction of sp³-hybridized carbons (Fsp3) is 0.278. The quantitative estimate of drug-likeness (QED) is 0.177. The molecule has 0 bridgehead atoms. The first-order chi connectivity index (χ1) is 22.5. The lowest BCUT2D eigenvalue weighted by Gasteiger charge is -2.34. The van der Waals surface area contributed by atoms with Gasteiger partial charge in [-0.05, 0) is 79.4 Å². The number of halogens is 1. The number of carbonyl (C=O) groups is 2. The third-order valence-electron chi connectivity index (χ3n) is 7.60. The van der Waals surface area contributed by atoms with Crippen molar-refractivity contribution in [1.82, 2.24) is 10.2 Å². The van der Waals surface area contributed by atoms with Gasteiger partial charge >= 0.3 is 0 Å². The van der Waals surface area contributed by atoms with Crippen LogP contribution in [0.5, 0.6) is 11.5 Å². The monoisotopic (exact) mass is 677 g/mol. The summed E-state index contributed by atoms with van der Waals surface area (Å²) in [6, 6.07) is 25.1. The zero-order valence-electron chi connectivity index (χ0n) is 27.2. The number of ether oxygens (including phenoxy) is 2. The van der Waals surface area contributed by atoms with Crippen molar-refractivity contribution in [3.63, 3.8) is 0 Å². The number of amides is 2. The molecular weight excluding hydrogens is 638 g/mol. The van der Waals surface area contributed by atoms with E-state index >= 15 is 0 Å². The molecule has 0 aliphatic heterocycles. The zero-order chi connectivity index (χ0) is 34.1. The predicted octanol–water partition coefficient (Wildman–Crippen LogP) is 5.95. The number of likely N-dealkylation sites (N-methyl/N-ethyl adjacent to an activating group) is 1. The molecule has 4 rings (SSSR count). The van der Waals surface area contributed by atoms with Crippen LogP contribution in [-0.4, -0.2) is 58.5 Å². The van der Waals surface area contributed by atoms with E-state index in [1.807, 2.05) is 50.2 Å². The number of benzene rings is 4. The van der Waals surface area contributed by atoms with Crippen molar-refractivity contribution in [1.29, 1.82) is 0 Å². The van der Waals surface area contributed by atoms with Crippen LogP contribution < -0.4 is 19.1 Å². The Labute approximate surface area is 282 Å². The van der Waals surface area contributed by atoms with Crippen molar-refractivity contribution < 1.29 is 27.5 Å². The van der Waals surface area contributed by atoms with Gasteiger partial charge < -0.3 is 19.7 Å². The molecule has 0 saturated carbocycles. The number of anilines is 1. The zero-order valence-corrected chi connectivity index (χ0v) is 28.8. The van der Waals surface area contributed by atoms with Gasteiger partial charge in [0, 0.05) is 30.6 Å². The topological polar surface area (TPSA) is 105 Å². The minimum absolute atomic E-state index is 0.0434. The van der Waals surface area contributed by atoms with Crippen molar-refractivity contribution in [2.24, 2.45) is 0 Å². The van der Waals surface area contributed by atoms with Crippen molar-refractivity contribution in [2.75, 3.05) is 31.6 Å². The van der Waals surface area contributed by atoms with Gasteiger partial charge in [-0.2, -0.15) is 0 Å². The summed E-state index contributed by atoms with van der Waals surface area (Å²) in [7, 11) is -1.46. The molecule has 2 amide bonds. The Morgan fingerprint density at radius 1 is 0.830 bits per heavy atom. The van der Waals surface area contributed by atoms with Crippen LogP contribution in [0.25, 0.3) is 0 Å². The molecule has 1 unspecified atom stereocenters. The molecule has 0 aromatic heterocycles. The first-order valence-electron chi connectivity index (χ1n) is 15.2. The van der Waals surface area contributed by atoms with Crippen molar-refractivity contribution in [2.45, 2.75) is 44.7 Å². The van der Waals surface area contributed by atoms with Crippen molar-refractivity contribution in [3.8, 4) is 11.5 Å². The molecule has 0 saturated heterocycles. The number of rotatable bonds is 14. The van der Waals surface area contributed by atoms with Gasteiger partial charge in [0.25, 0.3) is 10.0 Å². The van der Waals surface area contributed by atoms with Gasteiger partial charge in [-0.15, -0.1) is 0 Å². The van der Waals surface area contributed by atoms with E-state index in [2.05, 4.69) is 5.32 Å². The summed E-state index contributed by atoms with van der Waals surface area (Å²) in [5, 5.41) is 3.39. The van der Waals surface area contributed by atoms with Crippen molar-refractivity contribution in [3.05, 3.63) is 118 Å². The first kappa shape index (κ1) is 35.3.